The fraction of sp³-hybridized carbons (Fsp3) is 0.838. The minimum absolute atomic E-state index is 0.0197. The molecule has 35 nitrogen and oxygen atoms in total. The standard InChI is InChI=1S/C78H114NO34.2CH3.Sn.H/c1-33-59(108-65-54(94)48(88)38(84)30-102-65)53(93)57(97)67(104-33)111-62-51(91)47(79-46(87)18-14-9-8-13-17-37(83)34-15-11-10-12-16-34)40(28-80)105-69(62)113-71(101)77-24-23-72(2,3)26-36(77)35-19-22-78-43(76(78,7)75(35,6)27-44(77)86)25-42-73(4,32-82)45(20-21-74(42,78)5)107-70-63(112-68-56(96)52(92)50(90)41(29-81)106-68)60(58(98)61(110-70)64(99)100)109-66-55(95)49(89)39(85)31-103-66;;;;/h11-12,15-16,19,32-33,36,38-45,47-63,65-70,80-81,84-86,88-98H,8-9,13-14,17-18,20-31H2,1-7H3,(H,79,87)(H,99,100);2*1H3;;/t33-,36?,38?,39-,40+,41?,42+,43?,44+,45+,47?,48?,49+,50+,51?,52+,53?,54?,55+,56+,57?,58+,59?,60+,61?,62?,63+,65+,66?,67+,68?,69+,70?,73-,74?,75-,76+,77?,78?;;;;/m1..../s1. The van der Waals surface area contributed by atoms with Gasteiger partial charge in [-0.1, -0.05) is 53.2 Å². The molecule has 0 aromatic heterocycles. The number of aliphatic carboxylic acids is 1. The molecule has 6 saturated heterocycles. The molecule has 0 radical (unpaired) electrons. The number of esters is 1. The molecule has 12 aliphatic rings. The Balaban J connectivity index is 0.754. The molecular weight excluding hydrogens is 1640 g/mol. The van der Waals surface area contributed by atoms with Crippen molar-refractivity contribution in [3.63, 3.8) is 0 Å². The first kappa shape index (κ1) is 90.2. The first-order chi connectivity index (χ1) is 54.6. The van der Waals surface area contributed by atoms with E-state index in [1.165, 1.54) is 10.5 Å². The number of ether oxygens (including phenoxy) is 12. The van der Waals surface area contributed by atoms with Gasteiger partial charge >= 0.3 is 130 Å². The van der Waals surface area contributed by atoms with Gasteiger partial charge in [0.1, 0.15) is 122 Å². The van der Waals surface area contributed by atoms with Crippen LogP contribution in [0.1, 0.15) is 149 Å². The van der Waals surface area contributed by atoms with Gasteiger partial charge in [0.15, 0.2) is 43.7 Å². The number of hydrogen-bond acceptors (Lipinski definition) is 33. The van der Waals surface area contributed by atoms with Gasteiger partial charge in [-0.2, -0.15) is 0 Å². The second-order valence-corrected chi connectivity index (χ2v) is 45.3. The van der Waals surface area contributed by atoms with E-state index in [0.29, 0.717) is 69.8 Å². The second-order valence-electron chi connectivity index (χ2n) is 36.8. The number of carboxylic acids is 1. The average Bonchev–Trinajstić information content (AvgIpc) is 1.42. The molecule has 1 amide bonds. The van der Waals surface area contributed by atoms with E-state index in [2.05, 4.69) is 55.9 Å². The van der Waals surface area contributed by atoms with E-state index in [0.717, 1.165) is 11.9 Å². The van der Waals surface area contributed by atoms with Gasteiger partial charge in [-0.3, -0.25) is 9.59 Å². The number of ketones is 1. The monoisotopic (exact) mass is 1760 g/mol. The number of Topliss-reactive ketones (excluding diaryl/α,β-unsaturated/α-hetero) is 1. The van der Waals surface area contributed by atoms with Gasteiger partial charge in [-0.05, 0) is 103 Å². The number of unbranched alkanes of at least 4 members (excludes halogenated alkanes) is 3. The first-order valence-corrected chi connectivity index (χ1v) is 49.3. The molecule has 1 aromatic carbocycles. The molecule has 6 heterocycles. The number of carbonyl (C=O) groups is 5. The Hall–Kier alpha value is -3.57. The number of hydrogen-bond donors (Lipinski definition) is 18. The maximum absolute atomic E-state index is 16.1. The SMILES string of the molecule is C[C@H]1O[C@@H](OC2C(O)C(NC(=O)CCCCCCC(=O)c3cc[c]([SnH]([CH3])[CH3])cc3)[C@H](CO)O[C@H]2OC(=O)C23CCC(C)(C)CC2C2=CCC45C(C[C@@H]6C4(C)CC[C@H](OC4OC(C(=O)O)[C@@H](O)[C@H](OC7OC[C@@H](O)[C@H](O)[C@@H]7O)[C@@H]4OC4OC(CO)[C@H](O)[C@H](O)[C@@H]4O)[C@]6(C)C=O)[C@@]5(C)[C@]2(C)C[C@@H]3O)C(O)C(O)C1O[C@@H]1OCC(O)C(O)C1O. The van der Waals surface area contributed by atoms with Crippen LogP contribution in [0.25, 0.3) is 0 Å². The number of aliphatic hydroxyl groups excluding tert-OH is 16. The van der Waals surface area contributed by atoms with Crippen LogP contribution < -0.4 is 8.90 Å². The molecule has 1 aromatic rings. The van der Waals surface area contributed by atoms with E-state index in [-0.39, 0.29) is 37.4 Å². The quantitative estimate of drug-likeness (QED) is 0.00827. The zero-order valence-electron chi connectivity index (χ0n) is 66.9. The van der Waals surface area contributed by atoms with E-state index < -0.39 is 298 Å². The number of nitrogens with one attached hydrogen (secondary N) is 1. The Morgan fingerprint density at radius 2 is 1.16 bits per heavy atom. The summed E-state index contributed by atoms with van der Waals surface area (Å²) >= 11 is -1.73. The number of carboxylic acid groups (broad SMARTS) is 1. The molecule has 18 N–H and O–H groups in total. The number of carbonyl (C=O) groups excluding carboxylic acids is 4. The van der Waals surface area contributed by atoms with Gasteiger partial charge in [-0.25, -0.2) is 4.79 Å². The molecule has 1 spiro atoms. The molecule has 116 heavy (non-hydrogen) atoms. The molecule has 11 fully saturated rings. The van der Waals surface area contributed by atoms with E-state index in [1.54, 1.807) is 6.92 Å². The third-order valence-corrected chi connectivity index (χ3v) is 34.5. The van der Waals surface area contributed by atoms with E-state index in [1.807, 2.05) is 24.3 Å². The maximum Gasteiger partial charge on any atom is 0.335 e. The predicted molar refractivity (Wildman–Crippen MR) is 398 cm³/mol. The van der Waals surface area contributed by atoms with Crippen molar-refractivity contribution in [1.29, 1.82) is 0 Å². The zero-order chi connectivity index (χ0) is 84.3. The molecule has 654 valence electrons. The summed E-state index contributed by atoms with van der Waals surface area (Å²) in [5, 5.41) is 192. The molecule has 0 bridgehead atoms. The van der Waals surface area contributed by atoms with Crippen LogP contribution in [-0.4, -0.2) is 347 Å². The Bertz CT molecular complexity index is 3690. The molecule has 6 aliphatic heterocycles. The van der Waals surface area contributed by atoms with Crippen LogP contribution in [0, 0.1) is 55.7 Å². The van der Waals surface area contributed by atoms with Gasteiger partial charge < -0.3 is 154 Å². The van der Waals surface area contributed by atoms with Crippen LogP contribution in [0.15, 0.2) is 35.9 Å². The molecule has 39 atom stereocenters. The molecule has 13 rings (SSSR count). The summed E-state index contributed by atoms with van der Waals surface area (Å²) in [6.45, 7) is 10.9. The van der Waals surface area contributed by atoms with Crippen molar-refractivity contribution < 1.29 is 168 Å². The van der Waals surface area contributed by atoms with Gasteiger partial charge in [0.05, 0.1) is 56.2 Å². The van der Waals surface area contributed by atoms with Crippen molar-refractivity contribution >= 4 is 53.3 Å². The average molecular weight is 1760 g/mol. The number of benzene rings is 1. The smallest absolute Gasteiger partial charge is 0.335 e. The molecule has 36 heteroatoms. The summed E-state index contributed by atoms with van der Waals surface area (Å²) in [6, 6.07) is 6.33. The van der Waals surface area contributed by atoms with Crippen LogP contribution in [0.3, 0.4) is 0 Å². The Morgan fingerprint density at radius 3 is 1.77 bits per heavy atom. The van der Waals surface area contributed by atoms with Crippen LogP contribution in [0.5, 0.6) is 0 Å². The number of rotatable bonds is 26. The summed E-state index contributed by atoms with van der Waals surface area (Å²) in [5.74, 6) is -4.61. The molecular formula is C80H121NO34Sn. The summed E-state index contributed by atoms with van der Waals surface area (Å²) in [6.07, 6.45) is -44.7. The predicted octanol–water partition coefficient (Wildman–Crippen LogP) is -3.19. The number of aliphatic hydroxyl groups is 16. The van der Waals surface area contributed by atoms with Crippen molar-refractivity contribution in [2.45, 2.75) is 332 Å². The van der Waals surface area contributed by atoms with Gasteiger partial charge in [0.2, 0.25) is 6.29 Å². The third-order valence-electron chi connectivity index (χ3n) is 29.6. The normalized spacial score (nSPS) is 49.0. The fourth-order valence-electron chi connectivity index (χ4n) is 22.7. The number of amides is 1. The first-order valence-electron chi connectivity index (χ1n) is 41.1. The van der Waals surface area contributed by atoms with Crippen LogP contribution in [0.2, 0.25) is 9.88 Å². The van der Waals surface area contributed by atoms with Crippen molar-refractivity contribution in [2.75, 3.05) is 26.4 Å². The minimum Gasteiger partial charge on any atom is -0.479 e. The Morgan fingerprint density at radius 1 is 0.578 bits per heavy atom. The topological polar surface area (TPSA) is 552 Å². The largest absolute Gasteiger partial charge is 0.479 e. The van der Waals surface area contributed by atoms with Crippen LogP contribution in [0.4, 0.5) is 0 Å². The van der Waals surface area contributed by atoms with E-state index >= 15 is 4.79 Å². The van der Waals surface area contributed by atoms with Crippen LogP contribution in [-0.2, 0) is 76.0 Å². The van der Waals surface area contributed by atoms with Gasteiger partial charge in [0.25, 0.3) is 0 Å². The fourth-order valence-corrected chi connectivity index (χ4v) is 25.5. The van der Waals surface area contributed by atoms with Crippen molar-refractivity contribution in [1.82, 2.24) is 5.32 Å². The van der Waals surface area contributed by atoms with E-state index in [4.69, 9.17) is 56.8 Å². The number of aldehydes is 1. The zero-order valence-corrected chi connectivity index (χ0v) is 70.2. The summed E-state index contributed by atoms with van der Waals surface area (Å²) < 4.78 is 74.5. The Kier molecular flexibility index (Phi) is 26.8. The molecule has 19 unspecified atom stereocenters. The van der Waals surface area contributed by atoms with Crippen LogP contribution >= 0.6 is 0 Å². The summed E-state index contributed by atoms with van der Waals surface area (Å²) in [4.78, 5) is 75.1. The van der Waals surface area contributed by atoms with E-state index in [9.17, 15) is 106 Å². The maximum atomic E-state index is 16.1. The third kappa shape index (κ3) is 15.5. The summed E-state index contributed by atoms with van der Waals surface area (Å²) in [7, 11) is 0. The minimum atomic E-state index is -2.23. The van der Waals surface area contributed by atoms with Crippen molar-refractivity contribution in [3.8, 4) is 0 Å². The van der Waals surface area contributed by atoms with Crippen molar-refractivity contribution in [3.05, 3.63) is 41.5 Å². The van der Waals surface area contributed by atoms with Crippen molar-refractivity contribution in [2.24, 2.45) is 55.7 Å². The molecule has 6 aliphatic carbocycles. The Labute approximate surface area is 678 Å². The van der Waals surface area contributed by atoms with Gasteiger partial charge in [0, 0.05) is 0 Å². The van der Waals surface area contributed by atoms with Gasteiger partial charge in [-0.15, -0.1) is 0 Å². The molecule has 5 saturated carbocycles. The summed E-state index contributed by atoms with van der Waals surface area (Å²) in [5.41, 5.74) is -4.85. The second kappa shape index (κ2) is 34.5. The number of allylic oxidation sites excluding steroid dienone is 2. The number of fused-ring (bicyclic) bond motifs is 6.